The highest BCUT2D eigenvalue weighted by Crippen LogP contribution is 2.58. The van der Waals surface area contributed by atoms with Crippen LogP contribution >= 0.6 is 0 Å². The third-order valence-electron chi connectivity index (χ3n) is 5.02. The van der Waals surface area contributed by atoms with Crippen molar-refractivity contribution in [1.82, 2.24) is 0 Å². The zero-order valence-electron chi connectivity index (χ0n) is 11.9. The third-order valence-corrected chi connectivity index (χ3v) is 5.02. The summed E-state index contributed by atoms with van der Waals surface area (Å²) in [5.74, 6) is -0.112. The summed E-state index contributed by atoms with van der Waals surface area (Å²) in [6.07, 6.45) is 3.23. The Morgan fingerprint density at radius 3 is 2.63 bits per heavy atom. The number of epoxide rings is 2. The van der Waals surface area contributed by atoms with Crippen molar-refractivity contribution in [2.45, 2.75) is 69.5 Å². The van der Waals surface area contributed by atoms with Gasteiger partial charge in [0, 0.05) is 0 Å². The van der Waals surface area contributed by atoms with E-state index in [-0.39, 0.29) is 23.2 Å². The van der Waals surface area contributed by atoms with Crippen LogP contribution in [0, 0.1) is 5.92 Å². The largest absolute Gasteiger partial charge is 0.390 e. The molecule has 0 aromatic rings. The predicted molar refractivity (Wildman–Crippen MR) is 70.7 cm³/mol. The molecule has 6 atom stereocenters. The molecule has 0 radical (unpaired) electrons. The predicted octanol–water partition coefficient (Wildman–Crippen LogP) is 1.40. The first-order chi connectivity index (χ1) is 8.89. The van der Waals surface area contributed by atoms with E-state index in [0.29, 0.717) is 13.0 Å². The molecule has 0 aromatic carbocycles. The Hall–Kier alpha value is -0.420. The second kappa shape index (κ2) is 4.29. The van der Waals surface area contributed by atoms with Crippen LogP contribution in [0.25, 0.3) is 0 Å². The molecule has 0 amide bonds. The van der Waals surface area contributed by atoms with E-state index < -0.39 is 12.2 Å². The van der Waals surface area contributed by atoms with Crippen LogP contribution in [0.15, 0.2) is 11.6 Å². The molecule has 2 saturated heterocycles. The molecule has 2 aliphatic heterocycles. The molecule has 0 aromatic heterocycles. The van der Waals surface area contributed by atoms with Crippen molar-refractivity contribution in [2.24, 2.45) is 5.92 Å². The Kier molecular flexibility index (Phi) is 3.06. The van der Waals surface area contributed by atoms with Crippen LogP contribution in [0.3, 0.4) is 0 Å². The number of ether oxygens (including phenoxy) is 2. The first-order valence-electron chi connectivity index (χ1n) is 7.20. The minimum absolute atomic E-state index is 0.112. The fraction of sp³-hybridized carbons (Fsp3) is 0.867. The lowest BCUT2D eigenvalue weighted by molar-refractivity contribution is -0.0976. The molecular weight excluding hydrogens is 244 g/mol. The molecule has 0 unspecified atom stereocenters. The van der Waals surface area contributed by atoms with E-state index in [4.69, 9.17) is 9.47 Å². The smallest absolute Gasteiger partial charge is 0.101 e. The van der Waals surface area contributed by atoms with Crippen LogP contribution < -0.4 is 0 Å². The van der Waals surface area contributed by atoms with Gasteiger partial charge in [0.25, 0.3) is 0 Å². The van der Waals surface area contributed by atoms with Gasteiger partial charge in [0.1, 0.15) is 5.60 Å². The highest BCUT2D eigenvalue weighted by atomic mass is 16.6. The van der Waals surface area contributed by atoms with Crippen molar-refractivity contribution in [1.29, 1.82) is 0 Å². The van der Waals surface area contributed by atoms with Gasteiger partial charge in [0.05, 0.1) is 36.4 Å². The van der Waals surface area contributed by atoms with Crippen molar-refractivity contribution in [2.75, 3.05) is 6.61 Å². The Labute approximate surface area is 114 Å². The number of aliphatic hydroxyl groups excluding tert-OH is 2. The van der Waals surface area contributed by atoms with Gasteiger partial charge >= 0.3 is 0 Å². The van der Waals surface area contributed by atoms with E-state index in [1.165, 1.54) is 5.57 Å². The number of allylic oxidation sites excluding steroid dienone is 1. The minimum atomic E-state index is -0.738. The molecule has 1 aliphatic carbocycles. The lowest BCUT2D eigenvalue weighted by atomic mass is 9.68. The summed E-state index contributed by atoms with van der Waals surface area (Å²) in [5.41, 5.74) is 0.676. The van der Waals surface area contributed by atoms with E-state index in [2.05, 4.69) is 19.9 Å². The normalized spacial score (nSPS) is 52.1. The Bertz CT molecular complexity index is 397. The maximum absolute atomic E-state index is 10.4. The molecule has 3 fully saturated rings. The van der Waals surface area contributed by atoms with Crippen molar-refractivity contribution in [3.8, 4) is 0 Å². The number of hydrogen-bond acceptors (Lipinski definition) is 4. The highest BCUT2D eigenvalue weighted by molar-refractivity contribution is 5.20. The molecule has 2 heterocycles. The molecule has 3 aliphatic rings. The van der Waals surface area contributed by atoms with Gasteiger partial charge in [-0.25, -0.2) is 0 Å². The summed E-state index contributed by atoms with van der Waals surface area (Å²) in [5, 5.41) is 20.3. The quantitative estimate of drug-likeness (QED) is 0.600. The summed E-state index contributed by atoms with van der Waals surface area (Å²) < 4.78 is 11.5. The first kappa shape index (κ1) is 13.6. The lowest BCUT2D eigenvalue weighted by Gasteiger charge is -2.39. The lowest BCUT2D eigenvalue weighted by Crippen LogP contribution is -2.53. The second-order valence-electron chi connectivity index (χ2n) is 6.74. The van der Waals surface area contributed by atoms with Gasteiger partial charge in [-0.3, -0.25) is 0 Å². The van der Waals surface area contributed by atoms with E-state index in [1.54, 1.807) is 0 Å². The van der Waals surface area contributed by atoms with Crippen LogP contribution in [-0.2, 0) is 9.47 Å². The Morgan fingerprint density at radius 2 is 2.05 bits per heavy atom. The maximum atomic E-state index is 10.4. The van der Waals surface area contributed by atoms with E-state index in [9.17, 15) is 10.2 Å². The number of rotatable bonds is 3. The molecule has 2 N–H and O–H groups in total. The molecule has 0 bridgehead atoms. The van der Waals surface area contributed by atoms with Crippen LogP contribution in [0.2, 0.25) is 0 Å². The van der Waals surface area contributed by atoms with Gasteiger partial charge in [-0.15, -0.1) is 0 Å². The molecule has 4 heteroatoms. The molecular formula is C15H24O4. The van der Waals surface area contributed by atoms with Gasteiger partial charge in [-0.1, -0.05) is 11.6 Å². The van der Waals surface area contributed by atoms with Crippen LogP contribution in [0.4, 0.5) is 0 Å². The van der Waals surface area contributed by atoms with Crippen LogP contribution in [0.5, 0.6) is 0 Å². The summed E-state index contributed by atoms with van der Waals surface area (Å²) in [6, 6.07) is 0. The second-order valence-corrected chi connectivity index (χ2v) is 6.74. The van der Waals surface area contributed by atoms with E-state index >= 15 is 0 Å². The maximum Gasteiger partial charge on any atom is 0.101 e. The minimum Gasteiger partial charge on any atom is -0.390 e. The Morgan fingerprint density at radius 1 is 1.37 bits per heavy atom. The van der Waals surface area contributed by atoms with Gasteiger partial charge < -0.3 is 19.7 Å². The van der Waals surface area contributed by atoms with Crippen molar-refractivity contribution in [3.05, 3.63) is 11.6 Å². The fourth-order valence-corrected chi connectivity index (χ4v) is 3.70. The Balaban J connectivity index is 1.75. The SMILES string of the molecule is CC(C)=CC[C@H]1O[C@@]1(C)[C@H]1[C@H](O)[C@@H](O)CC[C@]12CO2. The average Bonchev–Trinajstić information content (AvgIpc) is 3.22. The summed E-state index contributed by atoms with van der Waals surface area (Å²) >= 11 is 0. The van der Waals surface area contributed by atoms with Gasteiger partial charge in [-0.2, -0.15) is 0 Å². The molecule has 1 spiro atoms. The number of aliphatic hydroxyl groups is 2. The molecule has 108 valence electrons. The van der Waals surface area contributed by atoms with Crippen molar-refractivity contribution < 1.29 is 19.7 Å². The molecule has 4 nitrogen and oxygen atoms in total. The number of hydrogen-bond donors (Lipinski definition) is 2. The van der Waals surface area contributed by atoms with Crippen molar-refractivity contribution >= 4 is 0 Å². The molecule has 1 saturated carbocycles. The fourth-order valence-electron chi connectivity index (χ4n) is 3.70. The highest BCUT2D eigenvalue weighted by Gasteiger charge is 2.71. The third kappa shape index (κ3) is 2.15. The molecule has 3 rings (SSSR count). The van der Waals surface area contributed by atoms with Gasteiger partial charge in [0.15, 0.2) is 0 Å². The van der Waals surface area contributed by atoms with Gasteiger partial charge in [-0.05, 0) is 40.0 Å². The summed E-state index contributed by atoms with van der Waals surface area (Å²) in [6.45, 7) is 6.89. The van der Waals surface area contributed by atoms with Gasteiger partial charge in [0.2, 0.25) is 0 Å². The monoisotopic (exact) mass is 268 g/mol. The topological polar surface area (TPSA) is 65.5 Å². The standard InChI is InChI=1S/C15H24O4/c1-9(2)4-5-11-14(3,19-11)13-12(17)10(16)6-7-15(13)8-18-15/h4,10-13,16-17H,5-8H2,1-3H3/t10-,11+,12+,13+,14+,15-/m0/s1. The van der Waals surface area contributed by atoms with E-state index in [0.717, 1.165) is 12.8 Å². The zero-order valence-corrected chi connectivity index (χ0v) is 11.9. The summed E-state index contributed by atoms with van der Waals surface area (Å²) in [4.78, 5) is 0. The van der Waals surface area contributed by atoms with E-state index in [1.807, 2.05) is 6.92 Å². The first-order valence-corrected chi connectivity index (χ1v) is 7.20. The van der Waals surface area contributed by atoms with Crippen LogP contribution in [0.1, 0.15) is 40.0 Å². The molecule has 19 heavy (non-hydrogen) atoms. The average molecular weight is 268 g/mol. The summed E-state index contributed by atoms with van der Waals surface area (Å²) in [7, 11) is 0. The van der Waals surface area contributed by atoms with Crippen molar-refractivity contribution in [3.63, 3.8) is 0 Å². The van der Waals surface area contributed by atoms with Crippen LogP contribution in [-0.4, -0.2) is 46.3 Å². The zero-order chi connectivity index (χ0) is 13.8.